The summed E-state index contributed by atoms with van der Waals surface area (Å²) >= 11 is 0. The monoisotopic (exact) mass is 189 g/mol. The third kappa shape index (κ3) is 2.09. The van der Waals surface area contributed by atoms with E-state index in [1.165, 1.54) is 12.8 Å². The van der Waals surface area contributed by atoms with Crippen LogP contribution in [0.5, 0.6) is 0 Å². The Morgan fingerprint density at radius 2 is 2.07 bits per heavy atom. The molecule has 14 heavy (non-hydrogen) atoms. The van der Waals surface area contributed by atoms with Gasteiger partial charge in [0.1, 0.15) is 0 Å². The van der Waals surface area contributed by atoms with E-state index in [1.807, 2.05) is 12.3 Å². The topological polar surface area (TPSA) is 12.0 Å². The maximum Gasteiger partial charge on any atom is 0.0504 e. The van der Waals surface area contributed by atoms with Gasteiger partial charge in [-0.15, -0.1) is 0 Å². The fourth-order valence-corrected chi connectivity index (χ4v) is 2.13. The van der Waals surface area contributed by atoms with Crippen LogP contribution < -0.4 is 5.32 Å². The highest BCUT2D eigenvalue weighted by atomic mass is 14.9. The van der Waals surface area contributed by atoms with Gasteiger partial charge in [-0.2, -0.15) is 0 Å². The lowest BCUT2D eigenvalue weighted by atomic mass is 9.76. The maximum atomic E-state index is 3.40. The highest BCUT2D eigenvalue weighted by Crippen LogP contribution is 2.33. The Kier molecular flexibility index (Phi) is 2.49. The number of hydrogen-bond donors (Lipinski definition) is 1. The van der Waals surface area contributed by atoms with Crippen molar-refractivity contribution in [3.05, 3.63) is 36.6 Å². The van der Waals surface area contributed by atoms with Crippen LogP contribution in [-0.4, -0.2) is 6.04 Å². The largest absolute Gasteiger partial charge is 0.384 e. The van der Waals surface area contributed by atoms with Gasteiger partial charge in [-0.1, -0.05) is 38.2 Å². The molecular weight excluding hydrogens is 170 g/mol. The zero-order valence-electron chi connectivity index (χ0n) is 9.03. The number of hydrogen-bond acceptors (Lipinski definition) is 1. The van der Waals surface area contributed by atoms with Crippen molar-refractivity contribution in [3.63, 3.8) is 0 Å². The Morgan fingerprint density at radius 1 is 1.21 bits per heavy atom. The van der Waals surface area contributed by atoms with Crippen molar-refractivity contribution >= 4 is 0 Å². The summed E-state index contributed by atoms with van der Waals surface area (Å²) in [5.74, 6) is 0.671. The molecule has 0 amide bonds. The predicted octanol–water partition coefficient (Wildman–Crippen LogP) is 3.02. The van der Waals surface area contributed by atoms with E-state index in [9.17, 15) is 0 Å². The fourth-order valence-electron chi connectivity index (χ4n) is 2.13. The average molecular weight is 189 g/mol. The molecule has 2 aliphatic rings. The first-order valence-electron chi connectivity index (χ1n) is 5.46. The van der Waals surface area contributed by atoms with Gasteiger partial charge >= 0.3 is 0 Å². The van der Waals surface area contributed by atoms with Gasteiger partial charge in [0, 0.05) is 5.92 Å². The van der Waals surface area contributed by atoms with Crippen LogP contribution in [0.15, 0.2) is 36.6 Å². The van der Waals surface area contributed by atoms with Crippen molar-refractivity contribution in [1.82, 2.24) is 5.32 Å². The molecule has 1 N–H and O–H groups in total. The first-order chi connectivity index (χ1) is 6.67. The summed E-state index contributed by atoms with van der Waals surface area (Å²) in [6, 6.07) is 0.507. The molecule has 0 spiro atoms. The van der Waals surface area contributed by atoms with Crippen LogP contribution >= 0.6 is 0 Å². The number of dihydropyridines is 1. The molecule has 1 aliphatic carbocycles. The minimum absolute atomic E-state index is 0.407. The molecule has 2 unspecified atom stereocenters. The molecule has 76 valence electrons. The summed E-state index contributed by atoms with van der Waals surface area (Å²) in [5, 5.41) is 3.40. The smallest absolute Gasteiger partial charge is 0.0504 e. The van der Waals surface area contributed by atoms with Crippen molar-refractivity contribution in [2.75, 3.05) is 0 Å². The van der Waals surface area contributed by atoms with Crippen LogP contribution in [0.25, 0.3) is 0 Å². The number of allylic oxidation sites excluding steroid dienone is 3. The third-order valence-electron chi connectivity index (χ3n) is 3.19. The molecule has 0 bridgehead atoms. The SMILES string of the molecule is CC1(C)C=CC(C2C=CC=CN2)CC1. The van der Waals surface area contributed by atoms with E-state index < -0.39 is 0 Å². The Morgan fingerprint density at radius 3 is 2.64 bits per heavy atom. The first kappa shape index (κ1) is 9.57. The summed E-state index contributed by atoms with van der Waals surface area (Å²) in [6.07, 6.45) is 15.8. The van der Waals surface area contributed by atoms with E-state index in [0.717, 1.165) is 0 Å². The van der Waals surface area contributed by atoms with Crippen molar-refractivity contribution in [1.29, 1.82) is 0 Å². The minimum Gasteiger partial charge on any atom is -0.384 e. The first-order valence-corrected chi connectivity index (χ1v) is 5.46. The Balaban J connectivity index is 2.01. The zero-order valence-corrected chi connectivity index (χ0v) is 9.03. The lowest BCUT2D eigenvalue weighted by molar-refractivity contribution is 0.337. The summed E-state index contributed by atoms with van der Waals surface area (Å²) in [5.41, 5.74) is 0.407. The maximum absolute atomic E-state index is 3.40. The second-order valence-corrected chi connectivity index (χ2v) is 4.99. The molecule has 0 saturated heterocycles. The molecule has 0 aromatic rings. The molecule has 0 aromatic carbocycles. The quantitative estimate of drug-likeness (QED) is 0.625. The van der Waals surface area contributed by atoms with Crippen molar-refractivity contribution in [2.24, 2.45) is 11.3 Å². The van der Waals surface area contributed by atoms with Crippen LogP contribution in [-0.2, 0) is 0 Å². The Bertz CT molecular complexity index is 284. The van der Waals surface area contributed by atoms with Gasteiger partial charge in [-0.3, -0.25) is 0 Å². The van der Waals surface area contributed by atoms with Crippen molar-refractivity contribution in [2.45, 2.75) is 32.7 Å². The lowest BCUT2D eigenvalue weighted by Gasteiger charge is -2.32. The number of rotatable bonds is 1. The van der Waals surface area contributed by atoms with Crippen molar-refractivity contribution in [3.8, 4) is 0 Å². The van der Waals surface area contributed by atoms with E-state index >= 15 is 0 Å². The fraction of sp³-hybridized carbons (Fsp3) is 0.538. The van der Waals surface area contributed by atoms with Crippen LogP contribution in [0, 0.1) is 11.3 Å². The Labute approximate surface area is 86.6 Å². The van der Waals surface area contributed by atoms with Gasteiger partial charge in [0.2, 0.25) is 0 Å². The van der Waals surface area contributed by atoms with E-state index in [-0.39, 0.29) is 0 Å². The lowest BCUT2D eigenvalue weighted by Crippen LogP contribution is -2.33. The van der Waals surface area contributed by atoms with Gasteiger partial charge in [-0.25, -0.2) is 0 Å². The number of nitrogens with one attached hydrogen (secondary N) is 1. The van der Waals surface area contributed by atoms with E-state index in [0.29, 0.717) is 17.4 Å². The van der Waals surface area contributed by atoms with Crippen LogP contribution in [0.1, 0.15) is 26.7 Å². The highest BCUT2D eigenvalue weighted by Gasteiger charge is 2.25. The molecular formula is C13H19N. The van der Waals surface area contributed by atoms with Crippen molar-refractivity contribution < 1.29 is 0 Å². The predicted molar refractivity (Wildman–Crippen MR) is 60.8 cm³/mol. The minimum atomic E-state index is 0.407. The van der Waals surface area contributed by atoms with Gasteiger partial charge < -0.3 is 5.32 Å². The van der Waals surface area contributed by atoms with Crippen LogP contribution in [0.4, 0.5) is 0 Å². The normalized spacial score (nSPS) is 34.1. The second-order valence-electron chi connectivity index (χ2n) is 4.99. The molecule has 0 aromatic heterocycles. The molecule has 1 heteroatoms. The molecule has 2 atom stereocenters. The molecule has 0 fully saturated rings. The summed E-state index contributed by atoms with van der Waals surface area (Å²) in [6.45, 7) is 4.62. The van der Waals surface area contributed by atoms with E-state index in [4.69, 9.17) is 0 Å². The summed E-state index contributed by atoms with van der Waals surface area (Å²) in [4.78, 5) is 0. The molecule has 1 heterocycles. The molecule has 1 nitrogen and oxygen atoms in total. The Hall–Kier alpha value is -0.980. The van der Waals surface area contributed by atoms with Gasteiger partial charge in [0.05, 0.1) is 6.04 Å². The summed E-state index contributed by atoms with van der Waals surface area (Å²) < 4.78 is 0. The standard InChI is InChI=1S/C13H19N/c1-13(2)8-6-11(7-9-13)12-5-3-4-10-14-12/h3-6,8,10-12,14H,7,9H2,1-2H3. The second kappa shape index (κ2) is 3.64. The van der Waals surface area contributed by atoms with E-state index in [1.54, 1.807) is 0 Å². The molecule has 0 saturated carbocycles. The molecule has 1 aliphatic heterocycles. The molecule has 0 radical (unpaired) electrons. The molecule has 2 rings (SSSR count). The zero-order chi connectivity index (χ0) is 10.0. The van der Waals surface area contributed by atoms with Gasteiger partial charge in [0.25, 0.3) is 0 Å². The van der Waals surface area contributed by atoms with E-state index in [2.05, 4.69) is 43.5 Å². The summed E-state index contributed by atoms with van der Waals surface area (Å²) in [7, 11) is 0. The van der Waals surface area contributed by atoms with Crippen LogP contribution in [0.3, 0.4) is 0 Å². The van der Waals surface area contributed by atoms with Gasteiger partial charge in [-0.05, 0) is 30.5 Å². The van der Waals surface area contributed by atoms with Gasteiger partial charge in [0.15, 0.2) is 0 Å². The third-order valence-corrected chi connectivity index (χ3v) is 3.19. The highest BCUT2D eigenvalue weighted by molar-refractivity contribution is 5.17. The van der Waals surface area contributed by atoms with Crippen LogP contribution in [0.2, 0.25) is 0 Å². The average Bonchev–Trinajstić information content (AvgIpc) is 2.19.